The van der Waals surface area contributed by atoms with Crippen LogP contribution in [0, 0.1) is 13.8 Å². The van der Waals surface area contributed by atoms with E-state index in [1.807, 2.05) is 6.92 Å². The second-order valence-corrected chi connectivity index (χ2v) is 6.45. The fraction of sp³-hybridized carbons (Fsp3) is 0.150. The minimum absolute atomic E-state index is 0.0153. The fourth-order valence-corrected chi connectivity index (χ4v) is 3.71. The molecule has 1 atom stereocenters. The lowest BCUT2D eigenvalue weighted by Crippen LogP contribution is -2.26. The van der Waals surface area contributed by atoms with Crippen molar-refractivity contribution in [2.45, 2.75) is 20.0 Å². The Hall–Kier alpha value is -3.01. The number of aromatic amines is 1. The molecule has 0 aliphatic carbocycles. The number of nitrogens with zero attached hydrogens (tertiary/aromatic N) is 2. The quantitative estimate of drug-likeness (QED) is 0.538. The zero-order chi connectivity index (χ0) is 16.3. The molecule has 0 amide bonds. The number of hydrogen-bond donors (Lipinski definition) is 2. The Morgan fingerprint density at radius 3 is 2.83 bits per heavy atom. The lowest BCUT2D eigenvalue weighted by Gasteiger charge is -2.30. The summed E-state index contributed by atoms with van der Waals surface area (Å²) in [4.78, 5) is 3.38. The van der Waals surface area contributed by atoms with E-state index in [4.69, 9.17) is 5.10 Å². The first-order valence-electron chi connectivity index (χ1n) is 8.21. The van der Waals surface area contributed by atoms with Crippen molar-refractivity contribution < 1.29 is 0 Å². The smallest absolute Gasteiger partial charge is 0.149 e. The highest BCUT2D eigenvalue weighted by Gasteiger charge is 2.28. The summed E-state index contributed by atoms with van der Waals surface area (Å²) in [5, 5.41) is 9.70. The maximum absolute atomic E-state index is 4.76. The van der Waals surface area contributed by atoms with E-state index in [1.165, 1.54) is 33.5 Å². The Labute approximate surface area is 140 Å². The highest BCUT2D eigenvalue weighted by atomic mass is 15.4. The Kier molecular flexibility index (Phi) is 2.65. The van der Waals surface area contributed by atoms with E-state index in [1.54, 1.807) is 0 Å². The van der Waals surface area contributed by atoms with Gasteiger partial charge in [-0.1, -0.05) is 36.4 Å². The number of aromatic nitrogens is 3. The monoisotopic (exact) mass is 314 g/mol. The van der Waals surface area contributed by atoms with Gasteiger partial charge in [0.1, 0.15) is 6.17 Å². The molecular weight excluding hydrogens is 296 g/mol. The molecule has 0 saturated heterocycles. The molecule has 0 fully saturated rings. The van der Waals surface area contributed by atoms with Crippen LogP contribution >= 0.6 is 0 Å². The molecular formula is C20H18N4. The Morgan fingerprint density at radius 1 is 1.04 bits per heavy atom. The molecule has 4 aromatic rings. The minimum Gasteiger partial charge on any atom is -0.361 e. The Balaban J connectivity index is 1.78. The second kappa shape index (κ2) is 4.74. The van der Waals surface area contributed by atoms with Crippen molar-refractivity contribution in [2.24, 2.45) is 0 Å². The number of fused-ring (bicyclic) bond motifs is 4. The van der Waals surface area contributed by atoms with E-state index in [0.717, 1.165) is 11.2 Å². The topological polar surface area (TPSA) is 45.6 Å². The van der Waals surface area contributed by atoms with Crippen LogP contribution in [-0.2, 0) is 0 Å². The molecule has 118 valence electrons. The maximum atomic E-state index is 4.76. The maximum Gasteiger partial charge on any atom is 0.149 e. The average molecular weight is 314 g/mol. The number of rotatable bonds is 1. The van der Waals surface area contributed by atoms with Crippen molar-refractivity contribution in [1.29, 1.82) is 0 Å². The molecule has 3 heterocycles. The number of hydrogen-bond acceptors (Lipinski definition) is 2. The molecule has 0 radical (unpaired) electrons. The number of H-pyrrole nitrogens is 1. The lowest BCUT2D eigenvalue weighted by molar-refractivity contribution is 0.574. The van der Waals surface area contributed by atoms with E-state index < -0.39 is 0 Å². The summed E-state index contributed by atoms with van der Waals surface area (Å²) < 4.78 is 2.10. The molecule has 2 N–H and O–H groups in total. The van der Waals surface area contributed by atoms with Gasteiger partial charge in [-0.3, -0.25) is 0 Å². The SMILES string of the molecule is Cc1cc2n(n1)C(c1c[nH]c3ccccc13)Nc1c(C)cccc1-2. The minimum atomic E-state index is -0.0153. The van der Waals surface area contributed by atoms with Crippen LogP contribution in [0.5, 0.6) is 0 Å². The first-order valence-corrected chi connectivity index (χ1v) is 8.21. The van der Waals surface area contributed by atoms with Gasteiger partial charge in [-0.25, -0.2) is 4.68 Å². The van der Waals surface area contributed by atoms with Crippen LogP contribution in [0.25, 0.3) is 22.2 Å². The van der Waals surface area contributed by atoms with Gasteiger partial charge in [0.25, 0.3) is 0 Å². The molecule has 1 unspecified atom stereocenters. The zero-order valence-electron chi connectivity index (χ0n) is 13.7. The molecule has 4 heteroatoms. The van der Waals surface area contributed by atoms with E-state index in [0.29, 0.717) is 0 Å². The summed E-state index contributed by atoms with van der Waals surface area (Å²) in [6.07, 6.45) is 2.07. The van der Waals surface area contributed by atoms with E-state index in [-0.39, 0.29) is 6.17 Å². The van der Waals surface area contributed by atoms with Gasteiger partial charge in [-0.05, 0) is 31.5 Å². The Bertz CT molecular complexity index is 1070. The standard InChI is InChI=1S/C20H18N4/c1-12-6-5-8-15-18-10-13(2)23-24(18)20(22-19(12)15)16-11-21-17-9-4-3-7-14(16)17/h3-11,20-22H,1-2H3. The molecule has 0 spiro atoms. The largest absolute Gasteiger partial charge is 0.361 e. The summed E-state index contributed by atoms with van der Waals surface area (Å²) in [5.41, 5.74) is 8.22. The third-order valence-electron chi connectivity index (χ3n) is 4.85. The van der Waals surface area contributed by atoms with Gasteiger partial charge in [0.05, 0.1) is 11.4 Å². The number of nitrogens with one attached hydrogen (secondary N) is 2. The number of anilines is 1. The van der Waals surface area contributed by atoms with E-state index in [2.05, 4.69) is 76.6 Å². The van der Waals surface area contributed by atoms with Crippen LogP contribution in [0.4, 0.5) is 5.69 Å². The van der Waals surface area contributed by atoms with Gasteiger partial charge >= 0.3 is 0 Å². The van der Waals surface area contributed by atoms with Crippen molar-refractivity contribution in [2.75, 3.05) is 5.32 Å². The summed E-state index contributed by atoms with van der Waals surface area (Å²) in [5.74, 6) is 0. The van der Waals surface area contributed by atoms with E-state index in [9.17, 15) is 0 Å². The summed E-state index contributed by atoms with van der Waals surface area (Å²) >= 11 is 0. The molecule has 4 nitrogen and oxygen atoms in total. The van der Waals surface area contributed by atoms with Crippen molar-refractivity contribution in [3.63, 3.8) is 0 Å². The van der Waals surface area contributed by atoms with Gasteiger partial charge in [0, 0.05) is 33.9 Å². The van der Waals surface area contributed by atoms with Gasteiger partial charge in [-0.2, -0.15) is 5.10 Å². The molecule has 5 rings (SSSR count). The first-order chi connectivity index (χ1) is 11.7. The van der Waals surface area contributed by atoms with Crippen LogP contribution in [0.1, 0.15) is 23.0 Å². The van der Waals surface area contributed by atoms with Crippen LogP contribution in [0.3, 0.4) is 0 Å². The molecule has 1 aliphatic rings. The molecule has 24 heavy (non-hydrogen) atoms. The number of aryl methyl sites for hydroxylation is 2. The molecule has 0 bridgehead atoms. The highest BCUT2D eigenvalue weighted by molar-refractivity contribution is 5.86. The molecule has 1 aliphatic heterocycles. The van der Waals surface area contributed by atoms with Crippen molar-refractivity contribution in [3.05, 3.63) is 71.5 Å². The number of para-hydroxylation sites is 2. The molecule has 2 aromatic carbocycles. The van der Waals surface area contributed by atoms with Crippen molar-refractivity contribution in [3.8, 4) is 11.3 Å². The predicted molar refractivity (Wildman–Crippen MR) is 97.2 cm³/mol. The van der Waals surface area contributed by atoms with Crippen LogP contribution in [0.15, 0.2) is 54.7 Å². The average Bonchev–Trinajstić information content (AvgIpc) is 3.18. The van der Waals surface area contributed by atoms with Gasteiger partial charge in [-0.15, -0.1) is 0 Å². The van der Waals surface area contributed by atoms with Gasteiger partial charge in [0.2, 0.25) is 0 Å². The Morgan fingerprint density at radius 2 is 1.92 bits per heavy atom. The lowest BCUT2D eigenvalue weighted by atomic mass is 10.0. The third kappa shape index (κ3) is 1.77. The summed E-state index contributed by atoms with van der Waals surface area (Å²) in [6.45, 7) is 4.20. The highest BCUT2D eigenvalue weighted by Crippen LogP contribution is 2.41. The summed E-state index contributed by atoms with van der Waals surface area (Å²) in [6, 6.07) is 17.0. The number of benzene rings is 2. The van der Waals surface area contributed by atoms with Crippen molar-refractivity contribution in [1.82, 2.24) is 14.8 Å². The summed E-state index contributed by atoms with van der Waals surface area (Å²) in [7, 11) is 0. The normalized spacial score (nSPS) is 15.8. The van der Waals surface area contributed by atoms with Crippen LogP contribution < -0.4 is 5.32 Å². The fourth-order valence-electron chi connectivity index (χ4n) is 3.71. The van der Waals surface area contributed by atoms with E-state index >= 15 is 0 Å². The van der Waals surface area contributed by atoms with Crippen LogP contribution in [-0.4, -0.2) is 14.8 Å². The zero-order valence-corrected chi connectivity index (χ0v) is 13.7. The van der Waals surface area contributed by atoms with Gasteiger partial charge < -0.3 is 10.3 Å². The first kappa shape index (κ1) is 13.4. The van der Waals surface area contributed by atoms with Crippen molar-refractivity contribution >= 4 is 16.6 Å². The predicted octanol–water partition coefficient (Wildman–Crippen LogP) is 4.62. The molecule has 0 saturated carbocycles. The molecule has 2 aromatic heterocycles. The van der Waals surface area contributed by atoms with Crippen LogP contribution in [0.2, 0.25) is 0 Å². The second-order valence-electron chi connectivity index (χ2n) is 6.45. The third-order valence-corrected chi connectivity index (χ3v) is 4.85. The van der Waals surface area contributed by atoms with Gasteiger partial charge in [0.15, 0.2) is 0 Å².